The molecule has 0 atom stereocenters. The van der Waals surface area contributed by atoms with Crippen molar-refractivity contribution in [1.29, 1.82) is 0 Å². The van der Waals surface area contributed by atoms with Crippen molar-refractivity contribution in [2.24, 2.45) is 0 Å². The summed E-state index contributed by atoms with van der Waals surface area (Å²) in [5.41, 5.74) is 1.31. The van der Waals surface area contributed by atoms with Crippen LogP contribution in [0.15, 0.2) is 36.7 Å². The van der Waals surface area contributed by atoms with Crippen molar-refractivity contribution in [1.82, 2.24) is 9.78 Å². The lowest BCUT2D eigenvalue weighted by Crippen LogP contribution is -2.43. The van der Waals surface area contributed by atoms with Crippen LogP contribution in [0, 0.1) is 0 Å². The van der Waals surface area contributed by atoms with E-state index in [0.29, 0.717) is 10.4 Å². The zero-order chi connectivity index (χ0) is 17.3. The van der Waals surface area contributed by atoms with Gasteiger partial charge in [0.2, 0.25) is 8.32 Å². The van der Waals surface area contributed by atoms with E-state index < -0.39 is 14.9 Å². The second kappa shape index (κ2) is 6.31. The van der Waals surface area contributed by atoms with Gasteiger partial charge in [-0.1, -0.05) is 20.8 Å². The number of benzene rings is 1. The van der Waals surface area contributed by atoms with E-state index >= 15 is 0 Å². The lowest BCUT2D eigenvalue weighted by Gasteiger charge is -2.36. The van der Waals surface area contributed by atoms with E-state index in [1.807, 2.05) is 24.3 Å². The highest BCUT2D eigenvalue weighted by molar-refractivity contribution is 6.74. The standard InChI is InChI=1S/C16H23F2N3OSi/c1-16(2,3)23(4,5)22-14-8-6-12(7-9-14)20-13-10-19-21(11-13)15(17)18/h6-11,15,20H,1-5H3. The van der Waals surface area contributed by atoms with Gasteiger partial charge in [-0.25, -0.2) is 4.68 Å². The number of halogens is 2. The molecule has 1 aromatic heterocycles. The van der Waals surface area contributed by atoms with Crippen LogP contribution in [0.25, 0.3) is 0 Å². The fourth-order valence-electron chi connectivity index (χ4n) is 1.73. The van der Waals surface area contributed by atoms with Gasteiger partial charge in [-0.15, -0.1) is 0 Å². The van der Waals surface area contributed by atoms with Crippen LogP contribution < -0.4 is 9.74 Å². The molecule has 0 amide bonds. The van der Waals surface area contributed by atoms with E-state index in [-0.39, 0.29) is 5.04 Å². The molecule has 4 nitrogen and oxygen atoms in total. The van der Waals surface area contributed by atoms with Gasteiger partial charge in [0.15, 0.2) is 0 Å². The summed E-state index contributed by atoms with van der Waals surface area (Å²) in [7, 11) is -1.86. The Morgan fingerprint density at radius 2 is 1.74 bits per heavy atom. The summed E-state index contributed by atoms with van der Waals surface area (Å²) < 4.78 is 31.8. The minimum Gasteiger partial charge on any atom is -0.544 e. The summed E-state index contributed by atoms with van der Waals surface area (Å²) in [5.74, 6) is 0.824. The lowest BCUT2D eigenvalue weighted by atomic mass is 10.2. The Kier molecular flexibility index (Phi) is 4.79. The fraction of sp³-hybridized carbons (Fsp3) is 0.438. The topological polar surface area (TPSA) is 39.1 Å². The van der Waals surface area contributed by atoms with Gasteiger partial charge in [-0.2, -0.15) is 13.9 Å². The normalized spacial score (nSPS) is 12.5. The molecule has 0 aliphatic rings. The van der Waals surface area contributed by atoms with Gasteiger partial charge in [-0.3, -0.25) is 0 Å². The Morgan fingerprint density at radius 1 is 1.13 bits per heavy atom. The number of nitrogens with one attached hydrogen (secondary N) is 1. The van der Waals surface area contributed by atoms with E-state index in [9.17, 15) is 8.78 Å². The zero-order valence-corrected chi connectivity index (χ0v) is 15.1. The maximum absolute atomic E-state index is 12.5. The highest BCUT2D eigenvalue weighted by atomic mass is 28.4. The second-order valence-corrected chi connectivity index (χ2v) is 11.7. The van der Waals surface area contributed by atoms with Crippen LogP contribution in [0.3, 0.4) is 0 Å². The fourth-order valence-corrected chi connectivity index (χ4v) is 2.76. The quantitative estimate of drug-likeness (QED) is 0.741. The molecule has 0 radical (unpaired) electrons. The van der Waals surface area contributed by atoms with E-state index in [1.165, 1.54) is 12.4 Å². The molecule has 1 heterocycles. The smallest absolute Gasteiger partial charge is 0.333 e. The van der Waals surface area contributed by atoms with Gasteiger partial charge in [0.05, 0.1) is 18.1 Å². The highest BCUT2D eigenvalue weighted by Crippen LogP contribution is 2.37. The molecule has 0 aliphatic heterocycles. The van der Waals surface area contributed by atoms with Crippen LogP contribution in [0.2, 0.25) is 18.1 Å². The highest BCUT2D eigenvalue weighted by Gasteiger charge is 2.38. The molecule has 0 saturated carbocycles. The van der Waals surface area contributed by atoms with Crippen molar-refractivity contribution in [2.45, 2.75) is 45.5 Å². The van der Waals surface area contributed by atoms with E-state index in [2.05, 4.69) is 44.3 Å². The molecule has 0 unspecified atom stereocenters. The number of aromatic nitrogens is 2. The molecule has 7 heteroatoms. The zero-order valence-electron chi connectivity index (χ0n) is 14.1. The Hall–Kier alpha value is -1.89. The second-order valence-electron chi connectivity index (χ2n) is 7.00. The van der Waals surface area contributed by atoms with Gasteiger partial charge in [0, 0.05) is 5.69 Å². The molecule has 0 bridgehead atoms. The van der Waals surface area contributed by atoms with Crippen LogP contribution in [-0.2, 0) is 0 Å². The predicted molar refractivity (Wildman–Crippen MR) is 91.0 cm³/mol. The number of alkyl halides is 2. The minimum absolute atomic E-state index is 0.133. The maximum atomic E-state index is 12.5. The van der Waals surface area contributed by atoms with Crippen LogP contribution in [0.5, 0.6) is 5.75 Å². The first-order valence-corrected chi connectivity index (χ1v) is 10.4. The van der Waals surface area contributed by atoms with Crippen LogP contribution in [0.4, 0.5) is 20.2 Å². The van der Waals surface area contributed by atoms with Crippen molar-refractivity contribution < 1.29 is 13.2 Å². The molecule has 126 valence electrons. The first kappa shape index (κ1) is 17.5. The molecule has 2 rings (SSSR count). The molecule has 0 saturated heterocycles. The van der Waals surface area contributed by atoms with E-state index in [4.69, 9.17) is 4.43 Å². The van der Waals surface area contributed by atoms with Gasteiger partial charge in [-0.05, 0) is 42.4 Å². The molecule has 2 aromatic rings. The molecule has 0 aliphatic carbocycles. The third kappa shape index (κ3) is 4.31. The maximum Gasteiger partial charge on any atom is 0.333 e. The Balaban J connectivity index is 2.04. The average Bonchev–Trinajstić information content (AvgIpc) is 2.88. The van der Waals surface area contributed by atoms with Crippen molar-refractivity contribution in [3.8, 4) is 5.75 Å². The molecular weight excluding hydrogens is 316 g/mol. The lowest BCUT2D eigenvalue weighted by molar-refractivity contribution is 0.0566. The first-order chi connectivity index (χ1) is 10.6. The Morgan fingerprint density at radius 3 is 2.22 bits per heavy atom. The summed E-state index contributed by atoms with van der Waals surface area (Å²) in [6.45, 7) is 8.32. The summed E-state index contributed by atoms with van der Waals surface area (Å²) in [6, 6.07) is 7.51. The molecule has 0 spiro atoms. The molecule has 1 N–H and O–H groups in total. The number of nitrogens with zero attached hydrogens (tertiary/aromatic N) is 2. The Labute approximate surface area is 136 Å². The SMILES string of the molecule is CC(C)(C)[Si](C)(C)Oc1ccc(Nc2cnn(C(F)F)c2)cc1. The number of hydrogen-bond acceptors (Lipinski definition) is 3. The molecular formula is C16H23F2N3OSi. The van der Waals surface area contributed by atoms with Gasteiger partial charge >= 0.3 is 6.55 Å². The van der Waals surface area contributed by atoms with Gasteiger partial charge < -0.3 is 9.74 Å². The van der Waals surface area contributed by atoms with Crippen LogP contribution in [0.1, 0.15) is 27.3 Å². The summed E-state index contributed by atoms with van der Waals surface area (Å²) in [5, 5.41) is 6.76. The summed E-state index contributed by atoms with van der Waals surface area (Å²) in [4.78, 5) is 0. The average molecular weight is 339 g/mol. The third-order valence-corrected chi connectivity index (χ3v) is 8.48. The number of anilines is 2. The van der Waals surface area contributed by atoms with E-state index in [1.54, 1.807) is 0 Å². The minimum atomic E-state index is -2.63. The first-order valence-electron chi connectivity index (χ1n) is 7.47. The third-order valence-electron chi connectivity index (χ3n) is 4.12. The largest absolute Gasteiger partial charge is 0.544 e. The van der Waals surface area contributed by atoms with Crippen molar-refractivity contribution in [3.05, 3.63) is 36.7 Å². The number of rotatable bonds is 5. The van der Waals surface area contributed by atoms with Crippen molar-refractivity contribution in [2.75, 3.05) is 5.32 Å². The molecule has 0 fully saturated rings. The summed E-state index contributed by atoms with van der Waals surface area (Å²) in [6.07, 6.45) is 2.64. The van der Waals surface area contributed by atoms with Crippen molar-refractivity contribution >= 4 is 19.7 Å². The molecule has 23 heavy (non-hydrogen) atoms. The van der Waals surface area contributed by atoms with Gasteiger partial charge in [0.25, 0.3) is 0 Å². The van der Waals surface area contributed by atoms with Crippen LogP contribution in [-0.4, -0.2) is 18.1 Å². The Bertz CT molecular complexity index is 648. The van der Waals surface area contributed by atoms with E-state index in [0.717, 1.165) is 11.4 Å². The monoisotopic (exact) mass is 339 g/mol. The predicted octanol–water partition coefficient (Wildman–Crippen LogP) is 5.41. The molecule has 1 aromatic carbocycles. The van der Waals surface area contributed by atoms with Crippen molar-refractivity contribution in [3.63, 3.8) is 0 Å². The number of hydrogen-bond donors (Lipinski definition) is 1. The summed E-state index contributed by atoms with van der Waals surface area (Å²) >= 11 is 0. The van der Waals surface area contributed by atoms with Crippen LogP contribution >= 0.6 is 0 Å². The van der Waals surface area contributed by atoms with Gasteiger partial charge in [0.1, 0.15) is 5.75 Å².